The number of nitrogens with zero attached hydrogens (tertiary/aromatic N) is 2. The lowest BCUT2D eigenvalue weighted by Gasteiger charge is -2.11. The van der Waals surface area contributed by atoms with Gasteiger partial charge in [0.05, 0.1) is 6.54 Å². The highest BCUT2D eigenvalue weighted by atomic mass is 35.5. The molecule has 7 heteroatoms. The van der Waals surface area contributed by atoms with Crippen LogP contribution in [0.25, 0.3) is 0 Å². The first-order valence-corrected chi connectivity index (χ1v) is 6.25. The Morgan fingerprint density at radius 2 is 2.20 bits per heavy atom. The van der Waals surface area contributed by atoms with Crippen LogP contribution in [0.3, 0.4) is 0 Å². The summed E-state index contributed by atoms with van der Waals surface area (Å²) in [6.45, 7) is 2.23. The van der Waals surface area contributed by atoms with E-state index >= 15 is 0 Å². The van der Waals surface area contributed by atoms with Crippen molar-refractivity contribution in [1.29, 1.82) is 0 Å². The molecule has 114 valence electrons. The van der Waals surface area contributed by atoms with Crippen LogP contribution in [0, 0.1) is 0 Å². The van der Waals surface area contributed by atoms with Gasteiger partial charge in [0.1, 0.15) is 6.61 Å². The minimum Gasteiger partial charge on any atom is -0.476 e. The zero-order chi connectivity index (χ0) is 14.1. The van der Waals surface area contributed by atoms with Gasteiger partial charge in [0, 0.05) is 25.4 Å². The second-order valence-corrected chi connectivity index (χ2v) is 4.46. The number of hydrogen-bond acceptors (Lipinski definition) is 5. The van der Waals surface area contributed by atoms with E-state index in [1.54, 1.807) is 13.2 Å². The molecule has 0 bridgehead atoms. The molecule has 6 nitrogen and oxygen atoms in total. The highest BCUT2D eigenvalue weighted by molar-refractivity contribution is 5.85. The molecule has 0 aliphatic rings. The van der Waals surface area contributed by atoms with E-state index in [9.17, 15) is 4.79 Å². The Kier molecular flexibility index (Phi) is 9.71. The van der Waals surface area contributed by atoms with Crippen LogP contribution in [0.2, 0.25) is 0 Å². The third-order valence-corrected chi connectivity index (χ3v) is 2.41. The maximum Gasteiger partial charge on any atom is 0.234 e. The van der Waals surface area contributed by atoms with Gasteiger partial charge in [-0.1, -0.05) is 0 Å². The van der Waals surface area contributed by atoms with E-state index in [1.807, 2.05) is 31.1 Å². The second-order valence-electron chi connectivity index (χ2n) is 4.46. The minimum atomic E-state index is -0.0330. The minimum absolute atomic E-state index is 0. The van der Waals surface area contributed by atoms with Gasteiger partial charge in [-0.25, -0.2) is 4.98 Å². The van der Waals surface area contributed by atoms with E-state index < -0.39 is 0 Å². The monoisotopic (exact) mass is 302 g/mol. The molecule has 2 N–H and O–H groups in total. The molecule has 0 aliphatic carbocycles. The van der Waals surface area contributed by atoms with Crippen LogP contribution in [0.15, 0.2) is 18.3 Å². The number of pyridine rings is 1. The van der Waals surface area contributed by atoms with Gasteiger partial charge in [-0.05, 0) is 32.8 Å². The fourth-order valence-corrected chi connectivity index (χ4v) is 1.40. The first kappa shape index (κ1) is 18.6. The molecular formula is C13H23ClN4O2. The molecule has 0 saturated carbocycles. The number of carbonyl (C=O) groups excluding carboxylic acids is 1. The van der Waals surface area contributed by atoms with Crippen molar-refractivity contribution in [3.8, 4) is 5.88 Å². The molecule has 1 rings (SSSR count). The van der Waals surface area contributed by atoms with Gasteiger partial charge in [0.15, 0.2) is 0 Å². The molecule has 1 heterocycles. The number of rotatable bonds is 8. The molecule has 0 aliphatic heterocycles. The highest BCUT2D eigenvalue weighted by Crippen LogP contribution is 2.09. The first-order chi connectivity index (χ1) is 9.11. The van der Waals surface area contributed by atoms with E-state index in [2.05, 4.69) is 15.6 Å². The molecule has 1 aromatic heterocycles. The molecule has 20 heavy (non-hydrogen) atoms. The fourth-order valence-electron chi connectivity index (χ4n) is 1.40. The van der Waals surface area contributed by atoms with Crippen LogP contribution in [-0.4, -0.2) is 56.6 Å². The highest BCUT2D eigenvalue weighted by Gasteiger charge is 2.02. The lowest BCUT2D eigenvalue weighted by molar-refractivity contribution is -0.120. The van der Waals surface area contributed by atoms with Crippen LogP contribution in [0.4, 0.5) is 0 Å². The Hall–Kier alpha value is -1.37. The van der Waals surface area contributed by atoms with Crippen molar-refractivity contribution in [3.05, 3.63) is 23.9 Å². The fraction of sp³-hybridized carbons (Fsp3) is 0.538. The number of aromatic nitrogens is 1. The summed E-state index contributed by atoms with van der Waals surface area (Å²) in [6, 6.07) is 3.70. The average molecular weight is 303 g/mol. The summed E-state index contributed by atoms with van der Waals surface area (Å²) in [6.07, 6.45) is 1.69. The maximum absolute atomic E-state index is 11.3. The Labute approximate surface area is 126 Å². The molecule has 1 amide bonds. The van der Waals surface area contributed by atoms with E-state index in [0.29, 0.717) is 25.6 Å². The zero-order valence-corrected chi connectivity index (χ0v) is 13.0. The van der Waals surface area contributed by atoms with Gasteiger partial charge >= 0.3 is 0 Å². The number of amides is 1. The Bertz CT molecular complexity index is 402. The lowest BCUT2D eigenvalue weighted by Crippen LogP contribution is -2.31. The van der Waals surface area contributed by atoms with Gasteiger partial charge in [0.2, 0.25) is 11.8 Å². The van der Waals surface area contributed by atoms with Crippen LogP contribution in [0.1, 0.15) is 5.56 Å². The smallest absolute Gasteiger partial charge is 0.234 e. The van der Waals surface area contributed by atoms with Gasteiger partial charge in [-0.2, -0.15) is 0 Å². The number of nitrogens with one attached hydrogen (secondary N) is 2. The number of halogens is 1. The van der Waals surface area contributed by atoms with Crippen molar-refractivity contribution in [2.24, 2.45) is 0 Å². The number of ether oxygens (including phenoxy) is 1. The number of likely N-dealkylation sites (N-methyl/N-ethyl adjacent to an activating group) is 2. The van der Waals surface area contributed by atoms with E-state index in [1.165, 1.54) is 0 Å². The second kappa shape index (κ2) is 10.4. The topological polar surface area (TPSA) is 66.5 Å². The number of carbonyl (C=O) groups is 1. The lowest BCUT2D eigenvalue weighted by atomic mass is 10.2. The van der Waals surface area contributed by atoms with Crippen molar-refractivity contribution >= 4 is 18.3 Å². The summed E-state index contributed by atoms with van der Waals surface area (Å²) in [7, 11) is 5.72. The standard InChI is InChI=1S/C13H22N4O2.ClH/c1-14-10-12(18)16-9-11-4-5-15-13(8-11)19-7-6-17(2)3;/h4-5,8,14H,6-7,9-10H2,1-3H3,(H,16,18);1H. The SMILES string of the molecule is CNCC(=O)NCc1ccnc(OCCN(C)C)c1.Cl. The summed E-state index contributed by atoms with van der Waals surface area (Å²) >= 11 is 0. The van der Waals surface area contributed by atoms with Crippen LogP contribution < -0.4 is 15.4 Å². The molecule has 0 fully saturated rings. The predicted octanol–water partition coefficient (Wildman–Crippen LogP) is 0.279. The maximum atomic E-state index is 11.3. The van der Waals surface area contributed by atoms with Crippen LogP contribution >= 0.6 is 12.4 Å². The van der Waals surface area contributed by atoms with Crippen molar-refractivity contribution < 1.29 is 9.53 Å². The number of hydrogen-bond donors (Lipinski definition) is 2. The van der Waals surface area contributed by atoms with Gasteiger partial charge in [-0.3, -0.25) is 4.79 Å². The molecular weight excluding hydrogens is 280 g/mol. The van der Waals surface area contributed by atoms with Crippen LogP contribution in [-0.2, 0) is 11.3 Å². The van der Waals surface area contributed by atoms with Gasteiger partial charge in [-0.15, -0.1) is 12.4 Å². The summed E-state index contributed by atoms with van der Waals surface area (Å²) in [5, 5.41) is 5.61. The predicted molar refractivity (Wildman–Crippen MR) is 81.3 cm³/mol. The third kappa shape index (κ3) is 7.93. The summed E-state index contributed by atoms with van der Waals surface area (Å²) in [5.41, 5.74) is 0.972. The summed E-state index contributed by atoms with van der Waals surface area (Å²) in [5.74, 6) is 0.552. The molecule has 0 unspecified atom stereocenters. The largest absolute Gasteiger partial charge is 0.476 e. The molecule has 0 saturated heterocycles. The third-order valence-electron chi connectivity index (χ3n) is 2.41. The normalized spacial score (nSPS) is 10.0. The Morgan fingerprint density at radius 1 is 1.45 bits per heavy atom. The van der Waals surface area contributed by atoms with Crippen molar-refractivity contribution in [3.63, 3.8) is 0 Å². The average Bonchev–Trinajstić information content (AvgIpc) is 2.37. The molecule has 1 aromatic rings. The molecule has 0 atom stereocenters. The first-order valence-electron chi connectivity index (χ1n) is 6.25. The molecule has 0 aromatic carbocycles. The van der Waals surface area contributed by atoms with E-state index in [-0.39, 0.29) is 18.3 Å². The van der Waals surface area contributed by atoms with E-state index in [0.717, 1.165) is 12.1 Å². The Morgan fingerprint density at radius 3 is 2.85 bits per heavy atom. The van der Waals surface area contributed by atoms with Gasteiger partial charge < -0.3 is 20.3 Å². The summed E-state index contributed by atoms with van der Waals surface area (Å²) in [4.78, 5) is 17.5. The molecule has 0 spiro atoms. The van der Waals surface area contributed by atoms with E-state index in [4.69, 9.17) is 4.74 Å². The van der Waals surface area contributed by atoms with Crippen molar-refractivity contribution in [2.75, 3.05) is 40.8 Å². The quantitative estimate of drug-likeness (QED) is 0.722. The zero-order valence-electron chi connectivity index (χ0n) is 12.2. The summed E-state index contributed by atoms with van der Waals surface area (Å²) < 4.78 is 5.53. The van der Waals surface area contributed by atoms with Crippen molar-refractivity contribution in [2.45, 2.75) is 6.54 Å². The van der Waals surface area contributed by atoms with Gasteiger partial charge in [0.25, 0.3) is 0 Å². The Balaban J connectivity index is 0.00000361. The van der Waals surface area contributed by atoms with Crippen LogP contribution in [0.5, 0.6) is 5.88 Å². The molecule has 0 radical (unpaired) electrons. The van der Waals surface area contributed by atoms with Crippen molar-refractivity contribution in [1.82, 2.24) is 20.5 Å².